The van der Waals surface area contributed by atoms with Gasteiger partial charge in [0.2, 0.25) is 5.88 Å². The van der Waals surface area contributed by atoms with Crippen molar-refractivity contribution in [3.05, 3.63) is 50.5 Å². The zero-order valence-corrected chi connectivity index (χ0v) is 12.3. The number of benzene rings is 1. The minimum atomic E-state index is -1.14. The van der Waals surface area contributed by atoms with Crippen LogP contribution in [0.25, 0.3) is 0 Å². The summed E-state index contributed by atoms with van der Waals surface area (Å²) in [5, 5.41) is 9.84. The Hall–Kier alpha value is -1.30. The highest BCUT2D eigenvalue weighted by Gasteiger charge is 2.14. The molecule has 0 radical (unpaired) electrons. The van der Waals surface area contributed by atoms with Gasteiger partial charge in [0.25, 0.3) is 0 Å². The zero-order valence-electron chi connectivity index (χ0n) is 9.23. The lowest BCUT2D eigenvalue weighted by molar-refractivity contribution is 0.0694. The van der Waals surface area contributed by atoms with Crippen molar-refractivity contribution in [1.82, 2.24) is 4.98 Å². The fourth-order valence-electron chi connectivity index (χ4n) is 1.34. The van der Waals surface area contributed by atoms with Crippen LogP contribution in [0.5, 0.6) is 11.6 Å². The van der Waals surface area contributed by atoms with Crippen molar-refractivity contribution in [3.63, 3.8) is 0 Å². The van der Waals surface area contributed by atoms with Gasteiger partial charge >= 0.3 is 5.97 Å². The van der Waals surface area contributed by atoms with Crippen LogP contribution in [0.15, 0.2) is 34.9 Å². The summed E-state index contributed by atoms with van der Waals surface area (Å²) in [5.41, 5.74) is -0.0452. The Labute approximate surface area is 127 Å². The third-order valence-electron chi connectivity index (χ3n) is 2.15. The second-order valence-electron chi connectivity index (χ2n) is 3.49. The number of rotatable bonds is 3. The van der Waals surface area contributed by atoms with Crippen molar-refractivity contribution in [3.8, 4) is 11.6 Å². The van der Waals surface area contributed by atoms with E-state index in [0.29, 0.717) is 14.5 Å². The van der Waals surface area contributed by atoms with Gasteiger partial charge in [-0.15, -0.1) is 0 Å². The Kier molecular flexibility index (Phi) is 4.29. The summed E-state index contributed by atoms with van der Waals surface area (Å²) in [7, 11) is 0. The Morgan fingerprint density at radius 2 is 2.00 bits per heavy atom. The molecule has 0 aliphatic rings. The molecule has 0 bridgehead atoms. The van der Waals surface area contributed by atoms with E-state index in [1.165, 1.54) is 24.4 Å². The maximum atomic E-state index is 11.1. The van der Waals surface area contributed by atoms with E-state index in [9.17, 15) is 4.79 Å². The quantitative estimate of drug-likeness (QED) is 0.863. The van der Waals surface area contributed by atoms with Crippen LogP contribution in [0, 0.1) is 0 Å². The number of hydrogen-bond donors (Lipinski definition) is 1. The van der Waals surface area contributed by atoms with Crippen LogP contribution in [0.4, 0.5) is 0 Å². The van der Waals surface area contributed by atoms with Crippen LogP contribution in [0.1, 0.15) is 10.4 Å². The topological polar surface area (TPSA) is 59.4 Å². The molecule has 19 heavy (non-hydrogen) atoms. The zero-order chi connectivity index (χ0) is 14.0. The molecule has 0 spiro atoms. The summed E-state index contributed by atoms with van der Waals surface area (Å²) < 4.78 is 5.98. The smallest absolute Gasteiger partial charge is 0.339 e. The summed E-state index contributed by atoms with van der Waals surface area (Å²) in [6.07, 6.45) is 1.40. The summed E-state index contributed by atoms with van der Waals surface area (Å²) >= 11 is 14.8. The molecule has 1 aromatic heterocycles. The van der Waals surface area contributed by atoms with E-state index in [-0.39, 0.29) is 17.2 Å². The SMILES string of the molecule is O=C(O)c1cc(Cl)ccc1Oc1ncc(Cl)cc1Br. The second kappa shape index (κ2) is 5.77. The summed E-state index contributed by atoms with van der Waals surface area (Å²) in [4.78, 5) is 15.1. The van der Waals surface area contributed by atoms with Gasteiger partial charge in [0.05, 0.1) is 9.50 Å². The first kappa shape index (κ1) is 14.1. The van der Waals surface area contributed by atoms with Gasteiger partial charge in [-0.3, -0.25) is 0 Å². The highest BCUT2D eigenvalue weighted by Crippen LogP contribution is 2.32. The van der Waals surface area contributed by atoms with Crippen molar-refractivity contribution >= 4 is 45.1 Å². The van der Waals surface area contributed by atoms with Crippen molar-refractivity contribution in [1.29, 1.82) is 0 Å². The Morgan fingerprint density at radius 1 is 1.26 bits per heavy atom. The fraction of sp³-hybridized carbons (Fsp3) is 0. The number of hydrogen-bond acceptors (Lipinski definition) is 3. The van der Waals surface area contributed by atoms with E-state index in [0.717, 1.165) is 0 Å². The lowest BCUT2D eigenvalue weighted by Gasteiger charge is -2.09. The number of carbonyl (C=O) groups is 1. The maximum absolute atomic E-state index is 11.1. The molecule has 2 aromatic rings. The molecular weight excluding hydrogens is 357 g/mol. The van der Waals surface area contributed by atoms with Gasteiger partial charge in [0.15, 0.2) is 0 Å². The molecule has 7 heteroatoms. The second-order valence-corrected chi connectivity index (χ2v) is 5.22. The minimum absolute atomic E-state index is 0.0452. The molecule has 1 heterocycles. The number of halogens is 3. The van der Waals surface area contributed by atoms with E-state index in [1.807, 2.05) is 0 Å². The molecule has 0 aliphatic carbocycles. The molecule has 0 saturated heterocycles. The van der Waals surface area contributed by atoms with Crippen LogP contribution >= 0.6 is 39.1 Å². The monoisotopic (exact) mass is 361 g/mol. The third-order valence-corrected chi connectivity index (χ3v) is 3.16. The Bertz CT molecular complexity index is 649. The average molecular weight is 363 g/mol. The minimum Gasteiger partial charge on any atom is -0.478 e. The standard InChI is InChI=1S/C12H6BrCl2NO3/c13-9-4-7(15)5-16-11(9)19-10-2-1-6(14)3-8(10)12(17)18/h1-5H,(H,17,18). The van der Waals surface area contributed by atoms with Crippen LogP contribution in [-0.4, -0.2) is 16.1 Å². The molecular formula is C12H6BrCl2NO3. The summed E-state index contributed by atoms with van der Waals surface area (Å²) in [6.45, 7) is 0. The first-order chi connectivity index (χ1) is 8.97. The Balaban J connectivity index is 2.40. The molecule has 1 N–H and O–H groups in total. The molecule has 0 amide bonds. The molecule has 0 aliphatic heterocycles. The van der Waals surface area contributed by atoms with Gasteiger partial charge in [0, 0.05) is 11.2 Å². The predicted molar refractivity (Wildman–Crippen MR) is 75.4 cm³/mol. The molecule has 2 rings (SSSR count). The highest BCUT2D eigenvalue weighted by atomic mass is 79.9. The molecule has 0 fully saturated rings. The van der Waals surface area contributed by atoms with Gasteiger partial charge in [-0.25, -0.2) is 9.78 Å². The molecule has 0 unspecified atom stereocenters. The third kappa shape index (κ3) is 3.37. The van der Waals surface area contributed by atoms with Crippen LogP contribution in [-0.2, 0) is 0 Å². The van der Waals surface area contributed by atoms with Crippen LogP contribution < -0.4 is 4.74 Å². The Morgan fingerprint density at radius 3 is 2.63 bits per heavy atom. The number of carboxylic acids is 1. The predicted octanol–water partition coefficient (Wildman–Crippen LogP) is 4.64. The number of aromatic nitrogens is 1. The van der Waals surface area contributed by atoms with Gasteiger partial charge in [-0.2, -0.15) is 0 Å². The van der Waals surface area contributed by atoms with Crippen LogP contribution in [0.3, 0.4) is 0 Å². The normalized spacial score (nSPS) is 10.3. The number of nitrogens with zero attached hydrogens (tertiary/aromatic N) is 1. The fourth-order valence-corrected chi connectivity index (χ4v) is 2.23. The number of carboxylic acid groups (broad SMARTS) is 1. The van der Waals surface area contributed by atoms with Crippen molar-refractivity contribution < 1.29 is 14.6 Å². The average Bonchev–Trinajstić information content (AvgIpc) is 2.34. The van der Waals surface area contributed by atoms with E-state index in [4.69, 9.17) is 33.0 Å². The van der Waals surface area contributed by atoms with Crippen molar-refractivity contribution in [2.75, 3.05) is 0 Å². The van der Waals surface area contributed by atoms with Crippen molar-refractivity contribution in [2.45, 2.75) is 0 Å². The number of aromatic carboxylic acids is 1. The summed E-state index contributed by atoms with van der Waals surface area (Å²) in [5.74, 6) is -0.774. The van der Waals surface area contributed by atoms with Crippen LogP contribution in [0.2, 0.25) is 10.0 Å². The lowest BCUT2D eigenvalue weighted by atomic mass is 10.2. The molecule has 0 saturated carbocycles. The van der Waals surface area contributed by atoms with E-state index < -0.39 is 5.97 Å². The number of ether oxygens (including phenoxy) is 1. The number of pyridine rings is 1. The first-order valence-corrected chi connectivity index (χ1v) is 6.54. The van der Waals surface area contributed by atoms with Gasteiger partial charge in [-0.05, 0) is 40.2 Å². The first-order valence-electron chi connectivity index (χ1n) is 4.99. The van der Waals surface area contributed by atoms with E-state index in [1.54, 1.807) is 6.07 Å². The molecule has 4 nitrogen and oxygen atoms in total. The highest BCUT2D eigenvalue weighted by molar-refractivity contribution is 9.10. The lowest BCUT2D eigenvalue weighted by Crippen LogP contribution is -2.00. The molecule has 98 valence electrons. The van der Waals surface area contributed by atoms with Gasteiger partial charge in [-0.1, -0.05) is 23.2 Å². The summed E-state index contributed by atoms with van der Waals surface area (Å²) in [6, 6.07) is 5.91. The molecule has 0 atom stereocenters. The van der Waals surface area contributed by atoms with Gasteiger partial charge in [0.1, 0.15) is 11.3 Å². The van der Waals surface area contributed by atoms with Gasteiger partial charge < -0.3 is 9.84 Å². The van der Waals surface area contributed by atoms with E-state index in [2.05, 4.69) is 20.9 Å². The van der Waals surface area contributed by atoms with E-state index >= 15 is 0 Å². The maximum Gasteiger partial charge on any atom is 0.339 e. The molecule has 1 aromatic carbocycles. The van der Waals surface area contributed by atoms with Crippen molar-refractivity contribution in [2.24, 2.45) is 0 Å². The largest absolute Gasteiger partial charge is 0.478 e.